The third kappa shape index (κ3) is 2670. The Morgan fingerprint density at radius 2 is 0.375 bits per heavy atom. The van der Waals surface area contributed by atoms with Crippen molar-refractivity contribution >= 4 is 0 Å². The zero-order valence-electron chi connectivity index (χ0n) is 3.47. The van der Waals surface area contributed by atoms with Crippen LogP contribution < -0.4 is 28.2 Å². The van der Waals surface area contributed by atoms with Gasteiger partial charge in [-0.15, -0.1) is 0 Å². The minimum absolute atomic E-state index is 0. The summed E-state index contributed by atoms with van der Waals surface area (Å²) in [7, 11) is 0. The molecule has 0 bridgehead atoms. The first-order valence-electron chi connectivity index (χ1n) is 0. The van der Waals surface area contributed by atoms with Crippen molar-refractivity contribution in [3.8, 4) is 0 Å². The molecule has 0 aliphatic heterocycles. The predicted octanol–water partition coefficient (Wildman–Crippen LogP) is -19.2. The Morgan fingerprint density at radius 1 is 0.375 bits per heavy atom. The standard InChI is InChI=1S/6FH.H4O.Ti/h6*1H;1H4;/q;;;;;;+2;+4/p-6. The molecular weight excluding hydrogens is 178 g/mol. The molecule has 0 saturated carbocycles. The zero-order chi connectivity index (χ0) is 0. The van der Waals surface area contributed by atoms with Crippen LogP contribution in [0, 0.1) is 0 Å². The van der Waals surface area contributed by atoms with Crippen LogP contribution >= 0.6 is 0 Å². The molecule has 0 spiro atoms. The van der Waals surface area contributed by atoms with Crippen LogP contribution in [0.3, 0.4) is 0 Å². The summed E-state index contributed by atoms with van der Waals surface area (Å²) in [6.45, 7) is 0. The summed E-state index contributed by atoms with van der Waals surface area (Å²) < 4.78 is 0. The molecule has 0 aliphatic rings. The van der Waals surface area contributed by atoms with Crippen molar-refractivity contribution in [2.75, 3.05) is 0 Å². The molecule has 0 atom stereocenters. The molecule has 8 heavy (non-hydrogen) atoms. The molecule has 0 fully saturated rings. The van der Waals surface area contributed by atoms with E-state index in [1.165, 1.54) is 0 Å². The van der Waals surface area contributed by atoms with Crippen molar-refractivity contribution in [1.82, 2.24) is 0 Å². The first-order chi connectivity index (χ1) is 0. The van der Waals surface area contributed by atoms with Crippen LogP contribution in [-0.2, 0) is 27.2 Å². The molecule has 0 aromatic heterocycles. The summed E-state index contributed by atoms with van der Waals surface area (Å²) in [6.07, 6.45) is 0. The molecule has 4 N–H and O–H groups in total. The fourth-order valence-corrected chi connectivity index (χ4v) is 0. The second-order valence-electron chi connectivity index (χ2n) is 0. The normalized spacial score (nSPS) is 0. The molecule has 0 radical (unpaired) electrons. The maximum Gasteiger partial charge on any atom is 4.00 e. The Labute approximate surface area is 56.2 Å². The molecule has 0 rings (SSSR count). The fraction of sp³-hybridized carbons (Fsp3) is 0. The van der Waals surface area contributed by atoms with Gasteiger partial charge in [0.05, 0.1) is 0 Å². The molecule has 0 aromatic carbocycles. The average molecular weight is 182 g/mol. The molecule has 0 aliphatic carbocycles. The minimum atomic E-state index is 0. The first-order valence-corrected chi connectivity index (χ1v) is 0. The second kappa shape index (κ2) is 4390. The van der Waals surface area contributed by atoms with Gasteiger partial charge in [-0.2, -0.15) is 0 Å². The summed E-state index contributed by atoms with van der Waals surface area (Å²) in [4.78, 5) is 0. The SMILES string of the molecule is [F-].[F-].[F-].[F-].[F-].[F-].[OH4+2].[Ti+4]. The van der Waals surface area contributed by atoms with Crippen molar-refractivity contribution in [2.45, 2.75) is 0 Å². The van der Waals surface area contributed by atoms with Crippen molar-refractivity contribution < 1.29 is 55.4 Å². The van der Waals surface area contributed by atoms with E-state index in [0.29, 0.717) is 0 Å². The summed E-state index contributed by atoms with van der Waals surface area (Å²) in [5.74, 6) is 0. The minimum Gasteiger partial charge on any atom is -1.00 e. The molecule has 8 heteroatoms. The van der Waals surface area contributed by atoms with Gasteiger partial charge in [-0.1, -0.05) is 0 Å². The number of halogens is 6. The van der Waals surface area contributed by atoms with Crippen molar-refractivity contribution in [3.63, 3.8) is 0 Å². The predicted molar refractivity (Wildman–Crippen MR) is 6.27 cm³/mol. The largest absolute Gasteiger partial charge is 4.00 e. The van der Waals surface area contributed by atoms with Crippen molar-refractivity contribution in [3.05, 3.63) is 0 Å². The summed E-state index contributed by atoms with van der Waals surface area (Å²) in [6, 6.07) is 0. The molecule has 0 aromatic rings. The number of rotatable bonds is 0. The molecular formula is H4F6OTi. The van der Waals surface area contributed by atoms with Gasteiger partial charge in [0.15, 0.2) is 0 Å². The Morgan fingerprint density at radius 3 is 0.375 bits per heavy atom. The van der Waals surface area contributed by atoms with Gasteiger partial charge in [-0.05, 0) is 0 Å². The quantitative estimate of drug-likeness (QED) is 0.263. The van der Waals surface area contributed by atoms with E-state index in [2.05, 4.69) is 0 Å². The number of hydrogen-bond acceptors (Lipinski definition) is 0. The van der Waals surface area contributed by atoms with E-state index in [9.17, 15) is 0 Å². The average Bonchev–Trinajstić information content (AvgIpc) is 0. The van der Waals surface area contributed by atoms with Crippen LogP contribution in [0.2, 0.25) is 0 Å². The van der Waals surface area contributed by atoms with Gasteiger partial charge in [0, 0.05) is 0 Å². The molecule has 0 heterocycles. The van der Waals surface area contributed by atoms with Gasteiger partial charge < -0.3 is 33.7 Å². The maximum atomic E-state index is 0. The third-order valence-corrected chi connectivity index (χ3v) is 0. The summed E-state index contributed by atoms with van der Waals surface area (Å²) >= 11 is 0. The summed E-state index contributed by atoms with van der Waals surface area (Å²) in [5.41, 5.74) is 0. The van der Waals surface area contributed by atoms with E-state index >= 15 is 0 Å². The molecule has 56 valence electrons. The van der Waals surface area contributed by atoms with Gasteiger partial charge in [0.25, 0.3) is 0 Å². The smallest absolute Gasteiger partial charge is 1.00 e. The summed E-state index contributed by atoms with van der Waals surface area (Å²) in [5, 5.41) is 0. The van der Waals surface area contributed by atoms with Gasteiger partial charge in [0.2, 0.25) is 0 Å². The molecule has 0 saturated heterocycles. The van der Waals surface area contributed by atoms with Gasteiger partial charge in [0.1, 0.15) is 0 Å². The fourth-order valence-electron chi connectivity index (χ4n) is 0. The first kappa shape index (κ1) is 6720. The van der Waals surface area contributed by atoms with Crippen LogP contribution in [0.1, 0.15) is 0 Å². The molecule has 1 nitrogen and oxygen atoms in total. The van der Waals surface area contributed by atoms with Crippen LogP contribution in [0.15, 0.2) is 0 Å². The topological polar surface area (TPSA) is 34.5 Å². The van der Waals surface area contributed by atoms with Gasteiger partial charge in [-0.3, -0.25) is 0 Å². The third-order valence-electron chi connectivity index (χ3n) is 0. The van der Waals surface area contributed by atoms with E-state index in [-0.39, 0.29) is 55.4 Å². The van der Waals surface area contributed by atoms with Gasteiger partial charge >= 0.3 is 21.7 Å². The Hall–Kier alpha value is 0.254. The van der Waals surface area contributed by atoms with Crippen LogP contribution in [-0.4, -0.2) is 0 Å². The van der Waals surface area contributed by atoms with E-state index in [1.807, 2.05) is 0 Å². The molecule has 0 amide bonds. The monoisotopic (exact) mass is 182 g/mol. The maximum absolute atomic E-state index is 0. The van der Waals surface area contributed by atoms with E-state index in [4.69, 9.17) is 0 Å². The van der Waals surface area contributed by atoms with Crippen LogP contribution in [0.5, 0.6) is 0 Å². The Bertz CT molecular complexity index is 8.49. The van der Waals surface area contributed by atoms with Crippen molar-refractivity contribution in [1.29, 1.82) is 0 Å². The van der Waals surface area contributed by atoms with Crippen molar-refractivity contribution in [2.24, 2.45) is 0 Å². The van der Waals surface area contributed by atoms with Gasteiger partial charge in [-0.25, -0.2) is 0 Å². The Kier molecular flexibility index (Phi) is 3690000. The zero-order valence-corrected chi connectivity index (χ0v) is 5.04. The van der Waals surface area contributed by atoms with Crippen LogP contribution in [0.25, 0.3) is 0 Å². The van der Waals surface area contributed by atoms with E-state index in [1.54, 1.807) is 0 Å². The second-order valence-corrected chi connectivity index (χ2v) is 0. The number of hydrogen-bond donors (Lipinski definition) is 0. The Balaban J connectivity index is 0. The van der Waals surface area contributed by atoms with E-state index < -0.39 is 0 Å². The molecule has 0 unspecified atom stereocenters. The van der Waals surface area contributed by atoms with E-state index in [0.717, 1.165) is 0 Å². The van der Waals surface area contributed by atoms with Crippen LogP contribution in [0.4, 0.5) is 0 Å².